The molecule has 0 heterocycles. The highest BCUT2D eigenvalue weighted by Crippen LogP contribution is 2.30. The molecule has 0 saturated heterocycles. The lowest BCUT2D eigenvalue weighted by molar-refractivity contribution is 0.0122. The fraction of sp³-hybridized carbons (Fsp3) is 0.562. The minimum Gasteiger partial charge on any atom is -0.504 e. The van der Waals surface area contributed by atoms with Crippen LogP contribution in [-0.4, -0.2) is 46.8 Å². The molecule has 1 amide bonds. The summed E-state index contributed by atoms with van der Waals surface area (Å²) in [7, 11) is 1.40. The first-order chi connectivity index (χ1) is 10.6. The van der Waals surface area contributed by atoms with Crippen LogP contribution in [-0.2, 0) is 4.74 Å². The third-order valence-electron chi connectivity index (χ3n) is 3.02. The Kier molecular flexibility index (Phi) is 6.65. The fourth-order valence-electron chi connectivity index (χ4n) is 1.89. The van der Waals surface area contributed by atoms with E-state index in [2.05, 4.69) is 5.32 Å². The van der Waals surface area contributed by atoms with Crippen LogP contribution in [0.5, 0.6) is 11.5 Å². The largest absolute Gasteiger partial charge is 0.504 e. The van der Waals surface area contributed by atoms with Gasteiger partial charge >= 0.3 is 6.09 Å². The zero-order valence-electron chi connectivity index (χ0n) is 13.9. The van der Waals surface area contributed by atoms with E-state index in [4.69, 9.17) is 9.47 Å². The number of hydrogen-bond donors (Lipinski definition) is 4. The number of phenols is 1. The quantitative estimate of drug-likeness (QED) is 0.633. The Morgan fingerprint density at radius 1 is 1.30 bits per heavy atom. The number of aliphatic hydroxyl groups is 2. The molecule has 0 aromatic heterocycles. The number of aliphatic hydroxyl groups excluding tert-OH is 2. The van der Waals surface area contributed by atoms with Crippen molar-refractivity contribution in [3.05, 3.63) is 23.8 Å². The number of aromatic hydroxyl groups is 1. The topological polar surface area (TPSA) is 108 Å². The summed E-state index contributed by atoms with van der Waals surface area (Å²) < 4.78 is 10.0. The summed E-state index contributed by atoms with van der Waals surface area (Å²) >= 11 is 0. The van der Waals surface area contributed by atoms with Crippen molar-refractivity contribution in [2.24, 2.45) is 0 Å². The van der Waals surface area contributed by atoms with Gasteiger partial charge in [-0.15, -0.1) is 0 Å². The highest BCUT2D eigenvalue weighted by atomic mass is 16.6. The van der Waals surface area contributed by atoms with Gasteiger partial charge in [-0.05, 0) is 44.9 Å². The molecule has 0 saturated carbocycles. The molecule has 0 fully saturated rings. The van der Waals surface area contributed by atoms with Gasteiger partial charge in [0.25, 0.3) is 0 Å². The van der Waals surface area contributed by atoms with Crippen molar-refractivity contribution in [2.75, 3.05) is 13.7 Å². The number of methoxy groups -OCH3 is 1. The lowest BCUT2D eigenvalue weighted by atomic mass is 10.0. The summed E-state index contributed by atoms with van der Waals surface area (Å²) in [5.41, 5.74) is -0.186. The van der Waals surface area contributed by atoms with E-state index >= 15 is 0 Å². The Balaban J connectivity index is 2.51. The van der Waals surface area contributed by atoms with Crippen molar-refractivity contribution >= 4 is 6.09 Å². The number of carbonyl (C=O) groups excluding carboxylic acids is 1. The van der Waals surface area contributed by atoms with Crippen LogP contribution >= 0.6 is 0 Å². The molecule has 0 aliphatic heterocycles. The molecule has 2 atom stereocenters. The van der Waals surface area contributed by atoms with Gasteiger partial charge in [0.15, 0.2) is 11.5 Å². The summed E-state index contributed by atoms with van der Waals surface area (Å²) in [5.74, 6) is 0.158. The Morgan fingerprint density at radius 3 is 2.52 bits per heavy atom. The lowest BCUT2D eigenvalue weighted by Gasteiger charge is -2.21. The van der Waals surface area contributed by atoms with Crippen molar-refractivity contribution in [3.63, 3.8) is 0 Å². The van der Waals surface area contributed by atoms with Crippen LogP contribution in [0.3, 0.4) is 0 Å². The molecule has 0 aliphatic rings. The molecule has 0 spiro atoms. The van der Waals surface area contributed by atoms with E-state index in [9.17, 15) is 20.1 Å². The second-order valence-corrected chi connectivity index (χ2v) is 6.16. The van der Waals surface area contributed by atoms with E-state index in [1.807, 2.05) is 0 Å². The summed E-state index contributed by atoms with van der Waals surface area (Å²) in [6, 6.07) is 4.32. The molecule has 0 radical (unpaired) electrons. The zero-order valence-corrected chi connectivity index (χ0v) is 13.9. The monoisotopic (exact) mass is 327 g/mol. The Hall–Kier alpha value is -1.99. The van der Waals surface area contributed by atoms with Crippen molar-refractivity contribution in [2.45, 2.75) is 45.0 Å². The van der Waals surface area contributed by atoms with Crippen LogP contribution in [0.25, 0.3) is 0 Å². The molecule has 23 heavy (non-hydrogen) atoms. The SMILES string of the molecule is COc1cc(C(O)C(O)CCNC(=O)OC(C)(C)C)ccc1O. The Bertz CT molecular complexity index is 526. The van der Waals surface area contributed by atoms with Gasteiger partial charge in [-0.2, -0.15) is 0 Å². The summed E-state index contributed by atoms with van der Waals surface area (Å²) in [4.78, 5) is 11.5. The maximum Gasteiger partial charge on any atom is 0.407 e. The predicted octanol–water partition coefficient (Wildman–Crippen LogP) is 1.71. The van der Waals surface area contributed by atoms with E-state index in [1.54, 1.807) is 20.8 Å². The van der Waals surface area contributed by atoms with Crippen LogP contribution in [0.4, 0.5) is 4.79 Å². The van der Waals surface area contributed by atoms with Crippen LogP contribution in [0.15, 0.2) is 18.2 Å². The Morgan fingerprint density at radius 2 is 1.96 bits per heavy atom. The standard InChI is InChI=1S/C16H25NO6/c1-16(2,3)23-15(21)17-8-7-12(19)14(20)10-5-6-11(18)13(9-10)22-4/h5-6,9,12,14,18-20H,7-8H2,1-4H3,(H,17,21). The third kappa shape index (κ3) is 6.33. The molecule has 0 bridgehead atoms. The minimum atomic E-state index is -1.16. The summed E-state index contributed by atoms with van der Waals surface area (Å²) in [5, 5.41) is 32.2. The predicted molar refractivity (Wildman–Crippen MR) is 84.5 cm³/mol. The van der Waals surface area contributed by atoms with Gasteiger partial charge in [0, 0.05) is 6.54 Å². The molecule has 7 heteroatoms. The second kappa shape index (κ2) is 8.03. The highest BCUT2D eigenvalue weighted by molar-refractivity contribution is 5.67. The van der Waals surface area contributed by atoms with Crippen molar-refractivity contribution in [3.8, 4) is 11.5 Å². The molecule has 1 rings (SSSR count). The molecule has 4 N–H and O–H groups in total. The van der Waals surface area contributed by atoms with Gasteiger partial charge < -0.3 is 30.1 Å². The lowest BCUT2D eigenvalue weighted by Crippen LogP contribution is -2.34. The van der Waals surface area contributed by atoms with Gasteiger partial charge in [0.05, 0.1) is 13.2 Å². The maximum absolute atomic E-state index is 11.5. The minimum absolute atomic E-state index is 0.0514. The van der Waals surface area contributed by atoms with Gasteiger partial charge in [-0.25, -0.2) is 4.79 Å². The van der Waals surface area contributed by atoms with Gasteiger partial charge in [-0.3, -0.25) is 0 Å². The molecular weight excluding hydrogens is 302 g/mol. The molecule has 2 unspecified atom stereocenters. The number of nitrogens with one attached hydrogen (secondary N) is 1. The number of alkyl carbamates (subject to hydrolysis) is 1. The highest BCUT2D eigenvalue weighted by Gasteiger charge is 2.21. The van der Waals surface area contributed by atoms with E-state index in [0.29, 0.717) is 5.56 Å². The van der Waals surface area contributed by atoms with E-state index in [1.165, 1.54) is 25.3 Å². The number of hydrogen-bond acceptors (Lipinski definition) is 6. The summed E-state index contributed by atoms with van der Waals surface area (Å²) in [6.07, 6.45) is -2.68. The van der Waals surface area contributed by atoms with Crippen molar-refractivity contribution < 1.29 is 29.6 Å². The second-order valence-electron chi connectivity index (χ2n) is 6.16. The fourth-order valence-corrected chi connectivity index (χ4v) is 1.89. The van der Waals surface area contributed by atoms with Gasteiger partial charge in [0.2, 0.25) is 0 Å². The van der Waals surface area contributed by atoms with E-state index in [0.717, 1.165) is 0 Å². The third-order valence-corrected chi connectivity index (χ3v) is 3.02. The number of benzene rings is 1. The first-order valence-corrected chi connectivity index (χ1v) is 7.34. The van der Waals surface area contributed by atoms with Crippen LogP contribution in [0.1, 0.15) is 38.9 Å². The molecule has 0 aliphatic carbocycles. The molecule has 130 valence electrons. The first kappa shape index (κ1) is 19.1. The first-order valence-electron chi connectivity index (χ1n) is 7.34. The molecule has 1 aromatic rings. The van der Waals surface area contributed by atoms with Crippen LogP contribution in [0, 0.1) is 0 Å². The van der Waals surface area contributed by atoms with Gasteiger partial charge in [-0.1, -0.05) is 6.07 Å². The van der Waals surface area contributed by atoms with Crippen molar-refractivity contribution in [1.29, 1.82) is 0 Å². The van der Waals surface area contributed by atoms with Crippen LogP contribution < -0.4 is 10.1 Å². The van der Waals surface area contributed by atoms with Crippen molar-refractivity contribution in [1.82, 2.24) is 5.32 Å². The maximum atomic E-state index is 11.5. The van der Waals surface area contributed by atoms with Crippen LogP contribution in [0.2, 0.25) is 0 Å². The smallest absolute Gasteiger partial charge is 0.407 e. The van der Waals surface area contributed by atoms with E-state index in [-0.39, 0.29) is 24.5 Å². The molecular formula is C16H25NO6. The van der Waals surface area contributed by atoms with E-state index < -0.39 is 23.9 Å². The molecule has 1 aromatic carbocycles. The number of rotatable bonds is 6. The zero-order chi connectivity index (χ0) is 17.6. The number of phenolic OH excluding ortho intramolecular Hbond substituents is 1. The average molecular weight is 327 g/mol. The molecule has 7 nitrogen and oxygen atoms in total. The summed E-state index contributed by atoms with van der Waals surface area (Å²) in [6.45, 7) is 5.42. The number of carbonyl (C=O) groups is 1. The normalized spacial score (nSPS) is 14.0. The number of ether oxygens (including phenoxy) is 2. The number of amides is 1. The average Bonchev–Trinajstić information content (AvgIpc) is 2.45. The van der Waals surface area contributed by atoms with Gasteiger partial charge in [0.1, 0.15) is 11.7 Å². The Labute approximate surface area is 135 Å².